The number of morpholine rings is 1. The number of hydrogen-bond donors (Lipinski definition) is 0. The summed E-state index contributed by atoms with van der Waals surface area (Å²) in [6.07, 6.45) is 0. The van der Waals surface area contributed by atoms with Crippen LogP contribution in [0.2, 0.25) is 0 Å². The van der Waals surface area contributed by atoms with E-state index in [0.29, 0.717) is 41.7 Å². The molecule has 0 saturated carbocycles. The van der Waals surface area contributed by atoms with Gasteiger partial charge < -0.3 is 9.64 Å². The number of para-hydroxylation sites is 1. The molecule has 0 aliphatic carbocycles. The second-order valence-electron chi connectivity index (χ2n) is 7.85. The molecule has 168 valence electrons. The fourth-order valence-corrected chi connectivity index (χ4v) is 5.75. The average molecular weight is 478 g/mol. The highest BCUT2D eigenvalue weighted by molar-refractivity contribution is 7.99. The van der Waals surface area contributed by atoms with Crippen molar-refractivity contribution >= 4 is 39.2 Å². The number of hydrogen-bond acceptors (Lipinski definition) is 6. The fraction of sp³-hybridized carbons (Fsp3) is 0.240. The zero-order valence-electron chi connectivity index (χ0n) is 18.2. The van der Waals surface area contributed by atoms with Gasteiger partial charge in [-0.3, -0.25) is 14.2 Å². The highest BCUT2D eigenvalue weighted by Crippen LogP contribution is 2.33. The molecular weight excluding hydrogens is 454 g/mol. The molecule has 0 N–H and O–H groups in total. The van der Waals surface area contributed by atoms with Gasteiger partial charge in [0.1, 0.15) is 4.83 Å². The number of fused-ring (bicyclic) bond motifs is 1. The quantitative estimate of drug-likeness (QED) is 0.315. The second-order valence-corrected chi connectivity index (χ2v) is 9.65. The molecule has 0 radical (unpaired) electrons. The van der Waals surface area contributed by atoms with E-state index in [0.717, 1.165) is 16.8 Å². The summed E-state index contributed by atoms with van der Waals surface area (Å²) in [5, 5.41) is 3.13. The van der Waals surface area contributed by atoms with Crippen LogP contribution in [0, 0.1) is 6.92 Å². The Hall–Kier alpha value is -2.94. The molecule has 33 heavy (non-hydrogen) atoms. The number of amides is 1. The summed E-state index contributed by atoms with van der Waals surface area (Å²) in [5.41, 5.74) is 3.66. The molecule has 0 atom stereocenters. The highest BCUT2D eigenvalue weighted by atomic mass is 32.2. The first-order valence-corrected chi connectivity index (χ1v) is 12.6. The zero-order valence-corrected chi connectivity index (χ0v) is 19.8. The van der Waals surface area contributed by atoms with E-state index in [4.69, 9.17) is 9.72 Å². The Morgan fingerprint density at radius 3 is 2.55 bits per heavy atom. The molecule has 1 amide bonds. The number of benzene rings is 2. The molecule has 2 aromatic heterocycles. The maximum atomic E-state index is 13.8. The maximum Gasteiger partial charge on any atom is 0.268 e. The molecule has 1 saturated heterocycles. The summed E-state index contributed by atoms with van der Waals surface area (Å²) < 4.78 is 6.97. The average Bonchev–Trinajstić information content (AvgIpc) is 3.28. The first-order valence-electron chi connectivity index (χ1n) is 10.8. The summed E-state index contributed by atoms with van der Waals surface area (Å²) in [6, 6.07) is 17.6. The van der Waals surface area contributed by atoms with Crippen LogP contribution in [0.5, 0.6) is 0 Å². The largest absolute Gasteiger partial charge is 0.378 e. The number of nitrogens with zero attached hydrogens (tertiary/aromatic N) is 3. The van der Waals surface area contributed by atoms with E-state index in [1.807, 2.05) is 66.9 Å². The molecule has 1 aliphatic heterocycles. The predicted octanol–water partition coefficient (Wildman–Crippen LogP) is 4.37. The van der Waals surface area contributed by atoms with Crippen molar-refractivity contribution in [1.82, 2.24) is 14.5 Å². The normalized spacial score (nSPS) is 14.0. The van der Waals surface area contributed by atoms with Crippen molar-refractivity contribution < 1.29 is 9.53 Å². The van der Waals surface area contributed by atoms with Crippen molar-refractivity contribution in [2.24, 2.45) is 0 Å². The van der Waals surface area contributed by atoms with Crippen LogP contribution >= 0.6 is 23.1 Å². The number of thiophene rings is 1. The lowest BCUT2D eigenvalue weighted by Crippen LogP contribution is -2.41. The number of rotatable bonds is 5. The van der Waals surface area contributed by atoms with Crippen molar-refractivity contribution in [2.45, 2.75) is 12.1 Å². The number of carbonyl (C=O) groups excluding carboxylic acids is 1. The molecular formula is C25H23N3O3S2. The van der Waals surface area contributed by atoms with Gasteiger partial charge in [0.25, 0.3) is 5.56 Å². The van der Waals surface area contributed by atoms with Crippen LogP contribution in [-0.4, -0.2) is 52.4 Å². The van der Waals surface area contributed by atoms with Crippen molar-refractivity contribution in [1.29, 1.82) is 0 Å². The summed E-state index contributed by atoms with van der Waals surface area (Å²) in [4.78, 5) is 33.9. The van der Waals surface area contributed by atoms with E-state index in [1.54, 1.807) is 9.47 Å². The lowest BCUT2D eigenvalue weighted by Gasteiger charge is -2.26. The third-order valence-electron chi connectivity index (χ3n) is 5.64. The Morgan fingerprint density at radius 2 is 1.82 bits per heavy atom. The molecule has 0 unspecified atom stereocenters. The van der Waals surface area contributed by atoms with Crippen LogP contribution in [0.4, 0.5) is 0 Å². The van der Waals surface area contributed by atoms with Gasteiger partial charge in [-0.1, -0.05) is 59.8 Å². The first-order chi connectivity index (χ1) is 16.1. The van der Waals surface area contributed by atoms with Crippen LogP contribution < -0.4 is 5.56 Å². The standard InChI is InChI=1S/C25H23N3O3S2/c1-17-7-9-18(10-8-17)20-15-32-23-22(20)24(30)28(19-5-3-2-4-6-19)25(26-23)33-16-21(29)27-11-13-31-14-12-27/h2-10,15H,11-14,16H2,1H3. The Bertz CT molecular complexity index is 1340. The number of aryl methyl sites for hydroxylation is 1. The number of carbonyl (C=O) groups is 1. The summed E-state index contributed by atoms with van der Waals surface area (Å²) in [7, 11) is 0. The van der Waals surface area contributed by atoms with Crippen LogP contribution in [0.3, 0.4) is 0 Å². The van der Waals surface area contributed by atoms with Crippen LogP contribution in [0.25, 0.3) is 27.0 Å². The first kappa shape index (κ1) is 21.9. The van der Waals surface area contributed by atoms with Crippen molar-refractivity contribution in [2.75, 3.05) is 32.1 Å². The van der Waals surface area contributed by atoms with Gasteiger partial charge in [-0.05, 0) is 24.6 Å². The fourth-order valence-electron chi connectivity index (χ4n) is 3.85. The molecule has 1 fully saturated rings. The third-order valence-corrected chi connectivity index (χ3v) is 7.44. The second kappa shape index (κ2) is 9.51. The molecule has 0 bridgehead atoms. The van der Waals surface area contributed by atoms with E-state index in [9.17, 15) is 9.59 Å². The van der Waals surface area contributed by atoms with E-state index >= 15 is 0 Å². The Balaban J connectivity index is 1.58. The maximum absolute atomic E-state index is 13.8. The van der Waals surface area contributed by atoms with Crippen LogP contribution in [0.1, 0.15) is 5.56 Å². The van der Waals surface area contributed by atoms with Gasteiger partial charge in [-0.25, -0.2) is 4.98 Å². The number of aromatic nitrogens is 2. The van der Waals surface area contributed by atoms with Crippen LogP contribution in [0.15, 0.2) is 69.9 Å². The molecule has 1 aliphatic rings. The molecule has 5 rings (SSSR count). The van der Waals surface area contributed by atoms with Crippen LogP contribution in [-0.2, 0) is 9.53 Å². The van der Waals surface area contributed by atoms with Gasteiger partial charge in [0.2, 0.25) is 5.91 Å². The molecule has 2 aromatic carbocycles. The number of ether oxygens (including phenoxy) is 1. The minimum absolute atomic E-state index is 0.0313. The molecule has 4 aromatic rings. The molecule has 8 heteroatoms. The Labute approximate surface area is 199 Å². The monoisotopic (exact) mass is 477 g/mol. The summed E-state index contributed by atoms with van der Waals surface area (Å²) >= 11 is 2.76. The zero-order chi connectivity index (χ0) is 22.8. The lowest BCUT2D eigenvalue weighted by molar-refractivity contribution is -0.132. The summed E-state index contributed by atoms with van der Waals surface area (Å²) in [5.74, 6) is 0.254. The SMILES string of the molecule is Cc1ccc(-c2csc3nc(SCC(=O)N4CCOCC4)n(-c4ccccc4)c(=O)c23)cc1. The van der Waals surface area contributed by atoms with Gasteiger partial charge in [-0.2, -0.15) is 0 Å². The van der Waals surface area contributed by atoms with Crippen molar-refractivity contribution in [3.63, 3.8) is 0 Å². The molecule has 0 spiro atoms. The Kier molecular flexibility index (Phi) is 6.30. The van der Waals surface area contributed by atoms with Gasteiger partial charge in [0, 0.05) is 24.0 Å². The molecule has 6 nitrogen and oxygen atoms in total. The van der Waals surface area contributed by atoms with Crippen molar-refractivity contribution in [3.05, 3.63) is 75.9 Å². The Morgan fingerprint density at radius 1 is 1.09 bits per heavy atom. The third kappa shape index (κ3) is 4.46. The minimum atomic E-state index is -0.121. The lowest BCUT2D eigenvalue weighted by atomic mass is 10.1. The van der Waals surface area contributed by atoms with Gasteiger partial charge in [-0.15, -0.1) is 11.3 Å². The minimum Gasteiger partial charge on any atom is -0.378 e. The predicted molar refractivity (Wildman–Crippen MR) is 134 cm³/mol. The van der Waals surface area contributed by atoms with Gasteiger partial charge in [0.05, 0.1) is 30.0 Å². The highest BCUT2D eigenvalue weighted by Gasteiger charge is 2.21. The number of thioether (sulfide) groups is 1. The van der Waals surface area contributed by atoms with E-state index in [2.05, 4.69) is 0 Å². The molecule has 3 heterocycles. The van der Waals surface area contributed by atoms with E-state index < -0.39 is 0 Å². The smallest absolute Gasteiger partial charge is 0.268 e. The van der Waals surface area contributed by atoms with Crippen molar-refractivity contribution in [3.8, 4) is 16.8 Å². The topological polar surface area (TPSA) is 64.4 Å². The van der Waals surface area contributed by atoms with E-state index in [1.165, 1.54) is 28.7 Å². The van der Waals surface area contributed by atoms with Gasteiger partial charge >= 0.3 is 0 Å². The van der Waals surface area contributed by atoms with E-state index in [-0.39, 0.29) is 17.2 Å². The summed E-state index contributed by atoms with van der Waals surface area (Å²) in [6.45, 7) is 4.37. The van der Waals surface area contributed by atoms with Gasteiger partial charge in [0.15, 0.2) is 5.16 Å².